The van der Waals surface area contributed by atoms with Gasteiger partial charge >= 0.3 is 6.36 Å². The summed E-state index contributed by atoms with van der Waals surface area (Å²) in [7, 11) is 0. The number of alkyl halides is 3. The molecule has 1 aromatic carbocycles. The minimum Gasteiger partial charge on any atom is -0.406 e. The molecule has 1 fully saturated rings. The van der Waals surface area contributed by atoms with E-state index in [-0.39, 0.29) is 18.2 Å². The van der Waals surface area contributed by atoms with E-state index in [1.54, 1.807) is 0 Å². The first-order valence-electron chi connectivity index (χ1n) is 9.41. The van der Waals surface area contributed by atoms with Crippen molar-refractivity contribution < 1.29 is 27.5 Å². The van der Waals surface area contributed by atoms with Crippen molar-refractivity contribution in [1.29, 1.82) is 0 Å². The SMILES string of the molecule is NC(=O)[C@H](CNc1cccc(OC(F)(F)F)c1)NC(=O)CCC1CCCCC1. The molecule has 2 rings (SSSR count). The highest BCUT2D eigenvalue weighted by atomic mass is 19.4. The second kappa shape index (κ2) is 10.2. The number of rotatable bonds is 9. The Labute approximate surface area is 162 Å². The Kier molecular flexibility index (Phi) is 7.95. The van der Waals surface area contributed by atoms with Crippen molar-refractivity contribution in [3.05, 3.63) is 24.3 Å². The first kappa shape index (κ1) is 21.8. The Bertz CT molecular complexity index is 661. The van der Waals surface area contributed by atoms with Crippen LogP contribution in [0.3, 0.4) is 0 Å². The number of amides is 2. The lowest BCUT2D eigenvalue weighted by molar-refractivity contribution is -0.274. The van der Waals surface area contributed by atoms with E-state index < -0.39 is 18.3 Å². The zero-order chi connectivity index (χ0) is 20.6. The highest BCUT2D eigenvalue weighted by molar-refractivity contribution is 5.87. The summed E-state index contributed by atoms with van der Waals surface area (Å²) in [5.74, 6) is -0.822. The smallest absolute Gasteiger partial charge is 0.406 e. The number of hydrogen-bond acceptors (Lipinski definition) is 4. The van der Waals surface area contributed by atoms with E-state index in [1.807, 2.05) is 0 Å². The largest absolute Gasteiger partial charge is 0.573 e. The summed E-state index contributed by atoms with van der Waals surface area (Å²) in [6.45, 7) is -0.0417. The van der Waals surface area contributed by atoms with Gasteiger partial charge in [0.2, 0.25) is 11.8 Å². The van der Waals surface area contributed by atoms with Gasteiger partial charge in [-0.2, -0.15) is 0 Å². The molecule has 0 saturated heterocycles. The molecule has 6 nitrogen and oxygen atoms in total. The van der Waals surface area contributed by atoms with Crippen molar-refractivity contribution in [2.45, 2.75) is 57.3 Å². The van der Waals surface area contributed by atoms with Crippen molar-refractivity contribution in [3.63, 3.8) is 0 Å². The van der Waals surface area contributed by atoms with Crippen LogP contribution in [0.15, 0.2) is 24.3 Å². The number of anilines is 1. The van der Waals surface area contributed by atoms with Crippen LogP contribution in [-0.4, -0.2) is 30.8 Å². The summed E-state index contributed by atoms with van der Waals surface area (Å²) in [6.07, 6.45) is 2.20. The molecule has 0 heterocycles. The summed E-state index contributed by atoms with van der Waals surface area (Å²) in [5.41, 5.74) is 5.64. The Hall–Kier alpha value is -2.45. The van der Waals surface area contributed by atoms with Crippen molar-refractivity contribution in [3.8, 4) is 5.75 Å². The van der Waals surface area contributed by atoms with Crippen molar-refractivity contribution >= 4 is 17.5 Å². The molecule has 28 heavy (non-hydrogen) atoms. The quantitative estimate of drug-likeness (QED) is 0.592. The minimum atomic E-state index is -4.79. The molecule has 1 aliphatic rings. The van der Waals surface area contributed by atoms with Crippen LogP contribution in [0.5, 0.6) is 5.75 Å². The van der Waals surface area contributed by atoms with Crippen molar-refractivity contribution in [1.82, 2.24) is 5.32 Å². The van der Waals surface area contributed by atoms with Crippen LogP contribution in [0.4, 0.5) is 18.9 Å². The van der Waals surface area contributed by atoms with Gasteiger partial charge in [0.05, 0.1) is 0 Å². The van der Waals surface area contributed by atoms with Gasteiger partial charge in [0, 0.05) is 24.7 Å². The van der Waals surface area contributed by atoms with Crippen LogP contribution < -0.4 is 21.1 Å². The molecular formula is C19H26F3N3O3. The molecule has 1 atom stereocenters. The summed E-state index contributed by atoms with van der Waals surface area (Å²) in [4.78, 5) is 23.7. The maximum absolute atomic E-state index is 12.3. The number of hydrogen-bond donors (Lipinski definition) is 3. The summed E-state index contributed by atoms with van der Waals surface area (Å²) in [6, 6.07) is 4.25. The van der Waals surface area contributed by atoms with Crippen molar-refractivity contribution in [2.24, 2.45) is 11.7 Å². The second-order valence-corrected chi connectivity index (χ2v) is 7.02. The lowest BCUT2D eigenvalue weighted by Gasteiger charge is -2.22. The molecule has 0 radical (unpaired) electrons. The maximum atomic E-state index is 12.3. The number of carbonyl (C=O) groups excluding carboxylic acids is 2. The molecule has 0 aromatic heterocycles. The molecule has 0 unspecified atom stereocenters. The molecule has 1 aliphatic carbocycles. The number of nitrogens with two attached hydrogens (primary N) is 1. The molecule has 1 aromatic rings. The average molecular weight is 401 g/mol. The number of carbonyl (C=O) groups is 2. The highest BCUT2D eigenvalue weighted by Crippen LogP contribution is 2.27. The fourth-order valence-electron chi connectivity index (χ4n) is 3.32. The third kappa shape index (κ3) is 8.06. The van der Waals surface area contributed by atoms with Crippen LogP contribution >= 0.6 is 0 Å². The van der Waals surface area contributed by atoms with E-state index in [0.29, 0.717) is 18.0 Å². The number of ether oxygens (including phenoxy) is 1. The van der Waals surface area contributed by atoms with Gasteiger partial charge in [-0.1, -0.05) is 38.2 Å². The molecule has 0 aliphatic heterocycles. The van der Waals surface area contributed by atoms with Gasteiger partial charge in [0.15, 0.2) is 0 Å². The first-order valence-corrected chi connectivity index (χ1v) is 9.41. The maximum Gasteiger partial charge on any atom is 0.573 e. The zero-order valence-corrected chi connectivity index (χ0v) is 15.6. The fraction of sp³-hybridized carbons (Fsp3) is 0.579. The van der Waals surface area contributed by atoms with Gasteiger partial charge in [-0.25, -0.2) is 0 Å². The van der Waals surface area contributed by atoms with Gasteiger partial charge in [-0.05, 0) is 24.5 Å². The molecule has 156 valence electrons. The molecule has 2 amide bonds. The van der Waals surface area contributed by atoms with Gasteiger partial charge in [0.25, 0.3) is 0 Å². The van der Waals surface area contributed by atoms with Crippen LogP contribution in [0.1, 0.15) is 44.9 Å². The van der Waals surface area contributed by atoms with Gasteiger partial charge in [0.1, 0.15) is 11.8 Å². The molecule has 9 heteroatoms. The lowest BCUT2D eigenvalue weighted by atomic mass is 9.86. The molecule has 0 spiro atoms. The third-order valence-electron chi connectivity index (χ3n) is 4.76. The first-order chi connectivity index (χ1) is 13.2. The number of nitrogens with one attached hydrogen (secondary N) is 2. The van der Waals surface area contributed by atoms with E-state index in [2.05, 4.69) is 15.4 Å². The fourth-order valence-corrected chi connectivity index (χ4v) is 3.32. The minimum absolute atomic E-state index is 0.0417. The van der Waals surface area contributed by atoms with Crippen molar-refractivity contribution in [2.75, 3.05) is 11.9 Å². The van der Waals surface area contributed by atoms with Gasteiger partial charge in [-0.3, -0.25) is 9.59 Å². The molecular weight excluding hydrogens is 375 g/mol. The molecule has 0 bridgehead atoms. The predicted octanol–water partition coefficient (Wildman–Crippen LogP) is 3.33. The standard InChI is InChI=1S/C19H26F3N3O3/c20-19(21,22)28-15-8-4-7-14(11-15)24-12-16(18(23)27)25-17(26)10-9-13-5-2-1-3-6-13/h4,7-8,11,13,16,24H,1-3,5-6,9-10,12H2,(H2,23,27)(H,25,26)/t16-/m0/s1. The molecule has 4 N–H and O–H groups in total. The van der Waals surface area contributed by atoms with E-state index in [4.69, 9.17) is 5.73 Å². The monoisotopic (exact) mass is 401 g/mol. The van der Waals surface area contributed by atoms with Crippen LogP contribution in [0.25, 0.3) is 0 Å². The van der Waals surface area contributed by atoms with Gasteiger partial charge < -0.3 is 21.1 Å². The Morgan fingerprint density at radius 3 is 2.57 bits per heavy atom. The number of benzene rings is 1. The topological polar surface area (TPSA) is 93.5 Å². The van der Waals surface area contributed by atoms with E-state index in [9.17, 15) is 22.8 Å². The highest BCUT2D eigenvalue weighted by Gasteiger charge is 2.31. The molecule has 1 saturated carbocycles. The van der Waals surface area contributed by atoms with E-state index >= 15 is 0 Å². The van der Waals surface area contributed by atoms with Crippen LogP contribution in [0, 0.1) is 5.92 Å². The second-order valence-electron chi connectivity index (χ2n) is 7.02. The van der Waals surface area contributed by atoms with Gasteiger partial charge in [-0.15, -0.1) is 13.2 Å². The van der Waals surface area contributed by atoms with Crippen LogP contribution in [-0.2, 0) is 9.59 Å². The Morgan fingerprint density at radius 2 is 1.93 bits per heavy atom. The summed E-state index contributed by atoms with van der Waals surface area (Å²) >= 11 is 0. The lowest BCUT2D eigenvalue weighted by Crippen LogP contribution is -2.48. The van der Waals surface area contributed by atoms with E-state index in [0.717, 1.165) is 31.4 Å². The number of halogens is 3. The summed E-state index contributed by atoms with van der Waals surface area (Å²) in [5, 5.41) is 5.39. The Morgan fingerprint density at radius 1 is 1.21 bits per heavy atom. The van der Waals surface area contributed by atoms with Crippen LogP contribution in [0.2, 0.25) is 0 Å². The van der Waals surface area contributed by atoms with E-state index in [1.165, 1.54) is 31.4 Å². The average Bonchev–Trinajstić information content (AvgIpc) is 2.63. The predicted molar refractivity (Wildman–Crippen MR) is 98.5 cm³/mol. The number of primary amides is 1. The Balaban J connectivity index is 1.82. The normalized spacial score (nSPS) is 16.2. The third-order valence-corrected chi connectivity index (χ3v) is 4.76. The summed E-state index contributed by atoms with van der Waals surface area (Å²) < 4.78 is 40.7. The zero-order valence-electron chi connectivity index (χ0n) is 15.6.